The minimum absolute atomic E-state index is 0.0148. The summed E-state index contributed by atoms with van der Waals surface area (Å²) in [4.78, 5) is 19.7. The first-order chi connectivity index (χ1) is 16.9. The molecule has 5 rings (SSSR count). The molecule has 11 nitrogen and oxygen atoms in total. The van der Waals surface area contributed by atoms with E-state index >= 15 is 0 Å². The zero-order valence-electron chi connectivity index (χ0n) is 18.2. The standard InChI is InChI=1S/C23H19N5O6S/c29-21(19-13-17-16-9-4-5-10-18(16)26-20(17)14-25-19)24-11-6-12-33-22-23(28(30)34-27-22)35(31,32)15-7-2-1-3-8-15/h1-5,7-10,13-14,26H,6,11-12H2,(H,24,29). The van der Waals surface area contributed by atoms with Crippen molar-refractivity contribution in [3.05, 3.63) is 77.8 Å². The lowest BCUT2D eigenvalue weighted by atomic mass is 10.1. The molecule has 0 aliphatic rings. The number of pyridine rings is 1. The lowest BCUT2D eigenvalue weighted by Gasteiger charge is -2.05. The molecule has 0 aliphatic heterocycles. The third-order valence-corrected chi connectivity index (χ3v) is 7.05. The zero-order valence-corrected chi connectivity index (χ0v) is 19.0. The molecule has 35 heavy (non-hydrogen) atoms. The van der Waals surface area contributed by atoms with Crippen LogP contribution in [0, 0.1) is 5.21 Å². The molecule has 3 aromatic heterocycles. The van der Waals surface area contributed by atoms with Gasteiger partial charge in [-0.3, -0.25) is 9.42 Å². The van der Waals surface area contributed by atoms with Gasteiger partial charge in [-0.25, -0.2) is 13.4 Å². The van der Waals surface area contributed by atoms with E-state index in [1.165, 1.54) is 24.3 Å². The van der Waals surface area contributed by atoms with Crippen molar-refractivity contribution in [3.63, 3.8) is 0 Å². The molecule has 5 aromatic rings. The van der Waals surface area contributed by atoms with Crippen molar-refractivity contribution in [2.24, 2.45) is 0 Å². The number of amides is 1. The fourth-order valence-corrected chi connectivity index (χ4v) is 4.94. The summed E-state index contributed by atoms with van der Waals surface area (Å²) >= 11 is 0. The third kappa shape index (κ3) is 4.26. The van der Waals surface area contributed by atoms with Crippen LogP contribution in [-0.4, -0.2) is 42.6 Å². The fraction of sp³-hybridized carbons (Fsp3) is 0.130. The lowest BCUT2D eigenvalue weighted by Crippen LogP contribution is -2.31. The molecule has 12 heteroatoms. The van der Waals surface area contributed by atoms with E-state index in [1.807, 2.05) is 24.3 Å². The molecular formula is C23H19N5O6S. The van der Waals surface area contributed by atoms with Crippen LogP contribution < -0.4 is 15.0 Å². The highest BCUT2D eigenvalue weighted by atomic mass is 32.2. The van der Waals surface area contributed by atoms with Gasteiger partial charge < -0.3 is 20.2 Å². The van der Waals surface area contributed by atoms with Gasteiger partial charge in [-0.1, -0.05) is 36.4 Å². The summed E-state index contributed by atoms with van der Waals surface area (Å²) in [5.74, 6) is -0.801. The number of nitrogens with zero attached hydrogens (tertiary/aromatic N) is 3. The third-order valence-electron chi connectivity index (χ3n) is 5.32. The maximum absolute atomic E-state index is 12.8. The number of rotatable bonds is 8. The van der Waals surface area contributed by atoms with Crippen molar-refractivity contribution in [2.45, 2.75) is 16.3 Å². The van der Waals surface area contributed by atoms with Gasteiger partial charge in [0.15, 0.2) is 0 Å². The van der Waals surface area contributed by atoms with Gasteiger partial charge in [0.05, 0.1) is 28.4 Å². The molecule has 0 bridgehead atoms. The summed E-state index contributed by atoms with van der Waals surface area (Å²) in [6.07, 6.45) is 1.93. The summed E-state index contributed by atoms with van der Waals surface area (Å²) in [5, 5.41) is 19.2. The molecule has 0 saturated carbocycles. The summed E-state index contributed by atoms with van der Waals surface area (Å²) in [6, 6.07) is 16.9. The van der Waals surface area contributed by atoms with E-state index in [9.17, 15) is 18.4 Å². The maximum Gasteiger partial charge on any atom is 0.414 e. The highest BCUT2D eigenvalue weighted by Gasteiger charge is 2.35. The molecular weight excluding hydrogens is 474 g/mol. The molecule has 2 N–H and O–H groups in total. The van der Waals surface area contributed by atoms with E-state index < -0.39 is 20.7 Å². The maximum atomic E-state index is 12.8. The van der Waals surface area contributed by atoms with Crippen molar-refractivity contribution in [1.29, 1.82) is 0 Å². The number of ether oxygens (including phenoxy) is 1. The molecule has 0 atom stereocenters. The number of aromatic nitrogens is 4. The Morgan fingerprint density at radius 1 is 1.09 bits per heavy atom. The van der Waals surface area contributed by atoms with E-state index in [0.717, 1.165) is 21.8 Å². The number of para-hydroxylation sites is 1. The van der Waals surface area contributed by atoms with Crippen LogP contribution in [0.3, 0.4) is 0 Å². The Hall–Kier alpha value is -4.45. The predicted octanol–water partition coefficient (Wildman–Crippen LogP) is 2.37. The Morgan fingerprint density at radius 3 is 2.69 bits per heavy atom. The van der Waals surface area contributed by atoms with E-state index in [2.05, 4.69) is 25.1 Å². The largest absolute Gasteiger partial charge is 0.454 e. The van der Waals surface area contributed by atoms with Crippen molar-refractivity contribution in [2.75, 3.05) is 13.2 Å². The average molecular weight is 494 g/mol. The fourth-order valence-electron chi connectivity index (χ4n) is 3.65. The molecule has 0 saturated heterocycles. The smallest absolute Gasteiger partial charge is 0.414 e. The molecule has 0 aliphatic carbocycles. The molecule has 0 fully saturated rings. The van der Waals surface area contributed by atoms with Gasteiger partial charge in [0.2, 0.25) is 0 Å². The van der Waals surface area contributed by atoms with E-state index in [-0.39, 0.29) is 34.6 Å². The average Bonchev–Trinajstić information content (AvgIpc) is 3.44. The SMILES string of the molecule is O=C(NCCCOc1no[n+]([O-])c1S(=O)(=O)c1ccccc1)c1cc2c(cn1)[nH]c1ccccc12. The quantitative estimate of drug-likeness (QED) is 0.247. The molecule has 2 aromatic carbocycles. The predicted molar refractivity (Wildman–Crippen MR) is 123 cm³/mol. The Balaban J connectivity index is 1.20. The summed E-state index contributed by atoms with van der Waals surface area (Å²) in [7, 11) is -4.19. The number of benzene rings is 2. The molecule has 0 radical (unpaired) electrons. The first kappa shape index (κ1) is 22.3. The molecule has 0 unspecified atom stereocenters. The van der Waals surface area contributed by atoms with Crippen LogP contribution in [0.25, 0.3) is 21.8 Å². The Labute approximate surface area is 198 Å². The first-order valence-electron chi connectivity index (χ1n) is 10.6. The molecule has 1 amide bonds. The second-order valence-corrected chi connectivity index (χ2v) is 9.47. The number of aromatic amines is 1. The van der Waals surface area contributed by atoms with Crippen LogP contribution >= 0.6 is 0 Å². The number of hydrogen-bond acceptors (Lipinski definition) is 8. The Kier molecular flexibility index (Phi) is 5.79. The van der Waals surface area contributed by atoms with Gasteiger partial charge in [0.1, 0.15) is 5.69 Å². The first-order valence-corrected chi connectivity index (χ1v) is 12.1. The van der Waals surface area contributed by atoms with Crippen molar-refractivity contribution >= 4 is 37.6 Å². The number of hydrogen-bond donors (Lipinski definition) is 2. The lowest BCUT2D eigenvalue weighted by molar-refractivity contribution is -0.832. The van der Waals surface area contributed by atoms with Crippen LogP contribution in [0.1, 0.15) is 16.9 Å². The van der Waals surface area contributed by atoms with Crippen LogP contribution in [0.2, 0.25) is 0 Å². The number of sulfone groups is 1. The summed E-state index contributed by atoms with van der Waals surface area (Å²) in [5.41, 5.74) is 2.06. The summed E-state index contributed by atoms with van der Waals surface area (Å²) < 4.78 is 35.3. The van der Waals surface area contributed by atoms with E-state index in [4.69, 9.17) is 4.74 Å². The molecule has 178 valence electrons. The highest BCUT2D eigenvalue weighted by molar-refractivity contribution is 7.91. The number of carbonyl (C=O) groups excluding carboxylic acids is 1. The number of carbonyl (C=O) groups is 1. The van der Waals surface area contributed by atoms with Gasteiger partial charge in [-0.05, 0) is 35.6 Å². The van der Waals surface area contributed by atoms with E-state index in [1.54, 1.807) is 18.3 Å². The topological polar surface area (TPSA) is 154 Å². The number of nitrogens with one attached hydrogen (secondary N) is 2. The van der Waals surface area contributed by atoms with Gasteiger partial charge in [0.25, 0.3) is 15.7 Å². The van der Waals surface area contributed by atoms with Gasteiger partial charge in [-0.2, -0.15) is 0 Å². The van der Waals surface area contributed by atoms with Gasteiger partial charge in [0, 0.05) is 22.8 Å². The Morgan fingerprint density at radius 2 is 1.86 bits per heavy atom. The second kappa shape index (κ2) is 9.06. The Bertz CT molecular complexity index is 1630. The highest BCUT2D eigenvalue weighted by Crippen LogP contribution is 2.26. The minimum atomic E-state index is -4.19. The van der Waals surface area contributed by atoms with Crippen molar-refractivity contribution in [1.82, 2.24) is 20.4 Å². The van der Waals surface area contributed by atoms with E-state index in [0.29, 0.717) is 6.42 Å². The van der Waals surface area contributed by atoms with Crippen LogP contribution in [0.5, 0.6) is 5.88 Å². The van der Waals surface area contributed by atoms with Crippen LogP contribution in [-0.2, 0) is 9.84 Å². The number of fused-ring (bicyclic) bond motifs is 3. The molecule has 3 heterocycles. The monoisotopic (exact) mass is 493 g/mol. The van der Waals surface area contributed by atoms with Gasteiger partial charge >= 0.3 is 10.9 Å². The van der Waals surface area contributed by atoms with Crippen molar-refractivity contribution < 1.29 is 27.5 Å². The van der Waals surface area contributed by atoms with Gasteiger partial charge in [-0.15, -0.1) is 0 Å². The minimum Gasteiger partial charge on any atom is -0.454 e. The normalized spacial score (nSPS) is 11.7. The second-order valence-electron chi connectivity index (χ2n) is 7.60. The van der Waals surface area contributed by atoms with Crippen molar-refractivity contribution in [3.8, 4) is 5.88 Å². The van der Waals surface area contributed by atoms with Crippen LogP contribution in [0.4, 0.5) is 0 Å². The number of H-pyrrole nitrogens is 1. The molecule has 0 spiro atoms. The van der Waals surface area contributed by atoms with Crippen LogP contribution in [0.15, 0.2) is 81.4 Å². The zero-order chi connectivity index (χ0) is 24.4. The summed E-state index contributed by atoms with van der Waals surface area (Å²) in [6.45, 7) is 0.210.